The maximum atomic E-state index is 5.65. The predicted octanol–water partition coefficient (Wildman–Crippen LogP) is 4.79. The average Bonchev–Trinajstić information content (AvgIpc) is 3.40. The van der Waals surface area contributed by atoms with Crippen LogP contribution in [0.25, 0.3) is 11.1 Å². The molecule has 2 aliphatic rings. The van der Waals surface area contributed by atoms with Crippen LogP contribution < -0.4 is 0 Å². The quantitative estimate of drug-likeness (QED) is 0.633. The van der Waals surface area contributed by atoms with Gasteiger partial charge in [0.2, 0.25) is 0 Å². The van der Waals surface area contributed by atoms with Crippen molar-refractivity contribution < 1.29 is 4.74 Å². The Balaban J connectivity index is 1.86. The molecule has 3 aromatic rings. The molecule has 3 aromatic carbocycles. The summed E-state index contributed by atoms with van der Waals surface area (Å²) in [6.45, 7) is 0.888. The van der Waals surface area contributed by atoms with Gasteiger partial charge in [-0.1, -0.05) is 78.9 Å². The number of ether oxygens (including phenoxy) is 1. The molecule has 1 fully saturated rings. The first-order valence-corrected chi connectivity index (χ1v) is 8.26. The Bertz CT molecular complexity index is 816. The molecule has 1 saturated heterocycles. The summed E-state index contributed by atoms with van der Waals surface area (Å²) in [5.74, 6) is 0. The molecule has 1 nitrogen and oxygen atoms in total. The molecule has 0 saturated carbocycles. The van der Waals surface area contributed by atoms with Crippen LogP contribution >= 0.6 is 0 Å². The van der Waals surface area contributed by atoms with Crippen LogP contribution in [0.15, 0.2) is 78.9 Å². The van der Waals surface area contributed by atoms with Crippen LogP contribution in [0.1, 0.15) is 23.1 Å². The van der Waals surface area contributed by atoms with Gasteiger partial charge < -0.3 is 4.74 Å². The summed E-state index contributed by atoms with van der Waals surface area (Å²) in [7, 11) is 0. The van der Waals surface area contributed by atoms with E-state index in [1.807, 2.05) is 0 Å². The molecule has 1 atom stereocenters. The fourth-order valence-electron chi connectivity index (χ4n) is 4.22. The summed E-state index contributed by atoms with van der Waals surface area (Å²) in [5, 5.41) is 0. The molecule has 1 aliphatic heterocycles. The van der Waals surface area contributed by atoms with Gasteiger partial charge >= 0.3 is 0 Å². The molecule has 23 heavy (non-hydrogen) atoms. The number of hydrogen-bond acceptors (Lipinski definition) is 1. The van der Waals surface area contributed by atoms with E-state index in [2.05, 4.69) is 78.9 Å². The van der Waals surface area contributed by atoms with E-state index in [1.165, 1.54) is 27.8 Å². The number of epoxide rings is 1. The Hall–Kier alpha value is -2.38. The van der Waals surface area contributed by atoms with Gasteiger partial charge in [-0.2, -0.15) is 0 Å². The van der Waals surface area contributed by atoms with Crippen LogP contribution in [-0.4, -0.2) is 12.7 Å². The van der Waals surface area contributed by atoms with Crippen molar-refractivity contribution in [3.8, 4) is 11.1 Å². The van der Waals surface area contributed by atoms with E-state index >= 15 is 0 Å². The monoisotopic (exact) mass is 298 g/mol. The number of rotatable bonds is 3. The molecule has 0 radical (unpaired) electrons. The van der Waals surface area contributed by atoms with Crippen molar-refractivity contribution >= 4 is 0 Å². The highest BCUT2D eigenvalue weighted by Gasteiger charge is 2.47. The summed E-state index contributed by atoms with van der Waals surface area (Å²) in [4.78, 5) is 0. The first-order chi connectivity index (χ1) is 11.4. The third-order valence-corrected chi connectivity index (χ3v) is 5.27. The minimum atomic E-state index is -0.0877. The smallest absolute Gasteiger partial charge is 0.0825 e. The molecule has 0 unspecified atom stereocenters. The molecular weight excluding hydrogens is 280 g/mol. The summed E-state index contributed by atoms with van der Waals surface area (Å²) in [6.07, 6.45) is 1.39. The zero-order valence-electron chi connectivity index (χ0n) is 12.9. The van der Waals surface area contributed by atoms with E-state index in [0.29, 0.717) is 6.10 Å². The Labute approximate surface area is 136 Å². The SMILES string of the molecule is c1ccc(C2(C[C@@H]3CO3)c3ccccc3-c3ccccc32)cc1. The standard InChI is InChI=1S/C22H18O/c1-2-8-16(9-3-1)22(14-17-15-23-17)20-12-6-4-10-18(20)19-11-5-7-13-21(19)22/h1-13,17H,14-15H2/t17-/m1/s1. The van der Waals surface area contributed by atoms with Crippen LogP contribution in [-0.2, 0) is 10.2 Å². The van der Waals surface area contributed by atoms with Gasteiger partial charge in [0.05, 0.1) is 12.7 Å². The van der Waals surface area contributed by atoms with Crippen molar-refractivity contribution in [2.24, 2.45) is 0 Å². The third-order valence-electron chi connectivity index (χ3n) is 5.27. The average molecular weight is 298 g/mol. The maximum absolute atomic E-state index is 5.65. The zero-order chi connectivity index (χ0) is 15.3. The van der Waals surface area contributed by atoms with Crippen molar-refractivity contribution in [1.82, 2.24) is 0 Å². The van der Waals surface area contributed by atoms with Crippen LogP contribution in [0, 0.1) is 0 Å². The largest absolute Gasteiger partial charge is 0.373 e. The van der Waals surface area contributed by atoms with Gasteiger partial charge in [-0.15, -0.1) is 0 Å². The number of fused-ring (bicyclic) bond motifs is 3. The molecule has 0 bridgehead atoms. The van der Waals surface area contributed by atoms with Gasteiger partial charge in [-0.05, 0) is 34.2 Å². The minimum Gasteiger partial charge on any atom is -0.373 e. The van der Waals surface area contributed by atoms with E-state index in [4.69, 9.17) is 4.74 Å². The van der Waals surface area contributed by atoms with E-state index < -0.39 is 0 Å². The normalized spacial score (nSPS) is 19.9. The second-order valence-corrected chi connectivity index (χ2v) is 6.52. The predicted molar refractivity (Wildman–Crippen MR) is 92.6 cm³/mol. The van der Waals surface area contributed by atoms with Crippen molar-refractivity contribution in [2.75, 3.05) is 6.61 Å². The lowest BCUT2D eigenvalue weighted by atomic mass is 9.69. The molecule has 112 valence electrons. The van der Waals surface area contributed by atoms with Crippen molar-refractivity contribution in [3.05, 3.63) is 95.6 Å². The molecule has 0 spiro atoms. The highest BCUT2D eigenvalue weighted by atomic mass is 16.6. The van der Waals surface area contributed by atoms with Crippen molar-refractivity contribution in [2.45, 2.75) is 17.9 Å². The van der Waals surface area contributed by atoms with Crippen LogP contribution in [0.2, 0.25) is 0 Å². The molecule has 1 heteroatoms. The van der Waals surface area contributed by atoms with Gasteiger partial charge in [0.1, 0.15) is 0 Å². The second-order valence-electron chi connectivity index (χ2n) is 6.52. The summed E-state index contributed by atoms with van der Waals surface area (Å²) < 4.78 is 5.65. The molecule has 0 aromatic heterocycles. The topological polar surface area (TPSA) is 12.5 Å². The van der Waals surface area contributed by atoms with Crippen molar-refractivity contribution in [1.29, 1.82) is 0 Å². The molecule has 5 rings (SSSR count). The highest BCUT2D eigenvalue weighted by molar-refractivity contribution is 5.83. The first-order valence-electron chi connectivity index (χ1n) is 8.26. The maximum Gasteiger partial charge on any atom is 0.0825 e. The second kappa shape index (κ2) is 4.81. The molecule has 0 N–H and O–H groups in total. The fraction of sp³-hybridized carbons (Fsp3) is 0.182. The zero-order valence-corrected chi connectivity index (χ0v) is 12.9. The van der Waals surface area contributed by atoms with E-state index in [0.717, 1.165) is 13.0 Å². The Kier molecular flexibility index (Phi) is 2.74. The molecule has 0 amide bonds. The summed E-state index contributed by atoms with van der Waals surface area (Å²) in [6, 6.07) is 28.6. The fourth-order valence-corrected chi connectivity index (χ4v) is 4.22. The summed E-state index contributed by atoms with van der Waals surface area (Å²) >= 11 is 0. The van der Waals surface area contributed by atoms with Crippen LogP contribution in [0.5, 0.6) is 0 Å². The lowest BCUT2D eigenvalue weighted by molar-refractivity contribution is 0.368. The van der Waals surface area contributed by atoms with Gasteiger partial charge in [0, 0.05) is 5.41 Å². The van der Waals surface area contributed by atoms with Gasteiger partial charge in [0.15, 0.2) is 0 Å². The first kappa shape index (κ1) is 13.1. The van der Waals surface area contributed by atoms with E-state index in [9.17, 15) is 0 Å². The number of benzene rings is 3. The van der Waals surface area contributed by atoms with Crippen molar-refractivity contribution in [3.63, 3.8) is 0 Å². The van der Waals surface area contributed by atoms with E-state index in [1.54, 1.807) is 0 Å². The Morgan fingerprint density at radius 1 is 0.739 bits per heavy atom. The lowest BCUT2D eigenvalue weighted by Crippen LogP contribution is -2.28. The molecule has 1 aliphatic carbocycles. The van der Waals surface area contributed by atoms with E-state index in [-0.39, 0.29) is 5.41 Å². The van der Waals surface area contributed by atoms with Crippen LogP contribution in [0.4, 0.5) is 0 Å². The Morgan fingerprint density at radius 3 is 1.83 bits per heavy atom. The van der Waals surface area contributed by atoms with Gasteiger partial charge in [0.25, 0.3) is 0 Å². The highest BCUT2D eigenvalue weighted by Crippen LogP contribution is 2.55. The molecular formula is C22H18O. The third kappa shape index (κ3) is 1.83. The minimum absolute atomic E-state index is 0.0877. The lowest BCUT2D eigenvalue weighted by Gasteiger charge is -2.32. The molecule has 1 heterocycles. The summed E-state index contributed by atoms with van der Waals surface area (Å²) in [5.41, 5.74) is 6.86. The Morgan fingerprint density at radius 2 is 1.26 bits per heavy atom. The van der Waals surface area contributed by atoms with Gasteiger partial charge in [-0.3, -0.25) is 0 Å². The number of hydrogen-bond donors (Lipinski definition) is 0. The van der Waals surface area contributed by atoms with Gasteiger partial charge in [-0.25, -0.2) is 0 Å². The van der Waals surface area contributed by atoms with Crippen LogP contribution in [0.3, 0.4) is 0 Å².